The maximum atomic E-state index is 13.9. The van der Waals surface area contributed by atoms with Crippen molar-refractivity contribution in [3.05, 3.63) is 69.4 Å². The molecule has 0 radical (unpaired) electrons. The second-order valence-corrected chi connectivity index (χ2v) is 6.83. The number of benzene rings is 2. The first-order valence-corrected chi connectivity index (χ1v) is 8.89. The number of amides is 1. The minimum atomic E-state index is -0.275. The summed E-state index contributed by atoms with van der Waals surface area (Å²) in [4.78, 5) is 17.6. The van der Waals surface area contributed by atoms with Crippen molar-refractivity contribution in [3.63, 3.8) is 0 Å². The van der Waals surface area contributed by atoms with Crippen molar-refractivity contribution in [2.75, 3.05) is 21.1 Å². The number of carbonyl (C=O) groups excluding carboxylic acids is 1. The molecule has 2 aromatic carbocycles. The molecule has 5 nitrogen and oxygen atoms in total. The van der Waals surface area contributed by atoms with Gasteiger partial charge in [-0.15, -0.1) is 0 Å². The quantitative estimate of drug-likeness (QED) is 0.576. The molecule has 2 rings (SSSR count). The number of aliphatic imine (C=N–C) groups is 1. The van der Waals surface area contributed by atoms with Crippen LogP contribution in [-0.2, 0) is 13.1 Å². The van der Waals surface area contributed by atoms with Gasteiger partial charge in [0, 0.05) is 49.8 Å². The number of hydrogen-bond donors (Lipinski definition) is 2. The Kier molecular flexibility index (Phi) is 7.15. The van der Waals surface area contributed by atoms with E-state index in [9.17, 15) is 9.18 Å². The molecule has 7 heteroatoms. The van der Waals surface area contributed by atoms with Gasteiger partial charge in [0.05, 0.1) is 0 Å². The zero-order chi connectivity index (χ0) is 19.1. The van der Waals surface area contributed by atoms with Crippen LogP contribution in [0.1, 0.15) is 21.5 Å². The number of hydrogen-bond acceptors (Lipinski definition) is 2. The topological polar surface area (TPSA) is 56.7 Å². The van der Waals surface area contributed by atoms with Crippen molar-refractivity contribution in [3.8, 4) is 0 Å². The lowest BCUT2D eigenvalue weighted by Gasteiger charge is -2.13. The summed E-state index contributed by atoms with van der Waals surface area (Å²) in [6.07, 6.45) is 0. The van der Waals surface area contributed by atoms with Gasteiger partial charge in [0.15, 0.2) is 5.96 Å². The van der Waals surface area contributed by atoms with Crippen LogP contribution >= 0.6 is 15.9 Å². The predicted octanol–water partition coefficient (Wildman–Crippen LogP) is 3.16. The van der Waals surface area contributed by atoms with Gasteiger partial charge >= 0.3 is 0 Å². The summed E-state index contributed by atoms with van der Waals surface area (Å²) < 4.78 is 14.6. The number of nitrogens with one attached hydrogen (secondary N) is 2. The second kappa shape index (κ2) is 9.33. The highest BCUT2D eigenvalue weighted by Gasteiger charge is 2.08. The van der Waals surface area contributed by atoms with Crippen LogP contribution in [0.2, 0.25) is 0 Å². The highest BCUT2D eigenvalue weighted by Crippen LogP contribution is 2.15. The van der Waals surface area contributed by atoms with Gasteiger partial charge in [0.2, 0.25) is 0 Å². The van der Waals surface area contributed by atoms with Crippen molar-refractivity contribution >= 4 is 27.8 Å². The SMILES string of the molecule is CN=C(NCc1ccc(C(=O)N(C)C)cc1)NCc1ccc(Br)cc1F. The molecule has 0 bridgehead atoms. The molecule has 138 valence electrons. The van der Waals surface area contributed by atoms with Crippen molar-refractivity contribution < 1.29 is 9.18 Å². The highest BCUT2D eigenvalue weighted by atomic mass is 79.9. The van der Waals surface area contributed by atoms with Crippen molar-refractivity contribution in [1.29, 1.82) is 0 Å². The van der Waals surface area contributed by atoms with Gasteiger partial charge in [-0.25, -0.2) is 4.39 Å². The summed E-state index contributed by atoms with van der Waals surface area (Å²) in [5.74, 6) is 0.266. The Labute approximate surface area is 161 Å². The van der Waals surface area contributed by atoms with Gasteiger partial charge in [-0.05, 0) is 29.8 Å². The van der Waals surface area contributed by atoms with Gasteiger partial charge in [-0.3, -0.25) is 9.79 Å². The van der Waals surface area contributed by atoms with Crippen LogP contribution in [-0.4, -0.2) is 37.9 Å². The molecule has 0 aliphatic carbocycles. The minimum absolute atomic E-state index is 0.0292. The maximum Gasteiger partial charge on any atom is 0.253 e. The van der Waals surface area contributed by atoms with E-state index in [0.717, 1.165) is 5.56 Å². The van der Waals surface area contributed by atoms with Gasteiger partial charge < -0.3 is 15.5 Å². The van der Waals surface area contributed by atoms with Crippen LogP contribution in [0, 0.1) is 5.82 Å². The third kappa shape index (κ3) is 5.56. The molecule has 26 heavy (non-hydrogen) atoms. The Hall–Kier alpha value is -2.41. The van der Waals surface area contributed by atoms with E-state index in [1.165, 1.54) is 6.07 Å². The average molecular weight is 421 g/mol. The molecule has 1 amide bonds. The number of halogens is 2. The van der Waals surface area contributed by atoms with Gasteiger partial charge in [-0.1, -0.05) is 34.1 Å². The van der Waals surface area contributed by atoms with Crippen LogP contribution < -0.4 is 10.6 Å². The van der Waals surface area contributed by atoms with E-state index in [-0.39, 0.29) is 11.7 Å². The normalized spacial score (nSPS) is 11.2. The summed E-state index contributed by atoms with van der Waals surface area (Å²) >= 11 is 3.24. The van der Waals surface area contributed by atoms with E-state index in [0.29, 0.717) is 34.6 Å². The summed E-state index contributed by atoms with van der Waals surface area (Å²) in [6, 6.07) is 12.3. The standard InChI is InChI=1S/C19H22BrFN4O/c1-22-19(24-12-15-8-9-16(20)10-17(15)21)23-11-13-4-6-14(7-5-13)18(26)25(2)3/h4-10H,11-12H2,1-3H3,(H2,22,23,24). The van der Waals surface area contributed by atoms with Crippen molar-refractivity contribution in [1.82, 2.24) is 15.5 Å². The highest BCUT2D eigenvalue weighted by molar-refractivity contribution is 9.10. The summed E-state index contributed by atoms with van der Waals surface area (Å²) in [5.41, 5.74) is 2.22. The molecule has 0 aliphatic rings. The average Bonchev–Trinajstić information content (AvgIpc) is 2.63. The zero-order valence-corrected chi connectivity index (χ0v) is 16.6. The number of nitrogens with zero attached hydrogens (tertiary/aromatic N) is 2. The molecule has 0 fully saturated rings. The molecule has 2 N–H and O–H groups in total. The molecular weight excluding hydrogens is 399 g/mol. The summed E-state index contributed by atoms with van der Waals surface area (Å²) in [7, 11) is 5.11. The van der Waals surface area contributed by atoms with E-state index < -0.39 is 0 Å². The lowest BCUT2D eigenvalue weighted by atomic mass is 10.1. The van der Waals surface area contributed by atoms with Crippen LogP contribution in [0.25, 0.3) is 0 Å². The van der Waals surface area contributed by atoms with E-state index in [2.05, 4.69) is 31.6 Å². The van der Waals surface area contributed by atoms with Gasteiger partial charge in [-0.2, -0.15) is 0 Å². The molecular formula is C19H22BrFN4O. The fourth-order valence-corrected chi connectivity index (χ4v) is 2.61. The summed E-state index contributed by atoms with van der Waals surface area (Å²) in [5, 5.41) is 6.25. The van der Waals surface area contributed by atoms with Crippen LogP contribution in [0.5, 0.6) is 0 Å². The number of rotatable bonds is 5. The molecule has 0 unspecified atom stereocenters. The minimum Gasteiger partial charge on any atom is -0.352 e. The monoisotopic (exact) mass is 420 g/mol. The molecule has 2 aromatic rings. The first kappa shape index (κ1) is 19.9. The molecule has 0 spiro atoms. The fraction of sp³-hybridized carbons (Fsp3) is 0.263. The maximum absolute atomic E-state index is 13.9. The largest absolute Gasteiger partial charge is 0.352 e. The molecule has 0 aromatic heterocycles. The lowest BCUT2D eigenvalue weighted by Crippen LogP contribution is -2.36. The zero-order valence-electron chi connectivity index (χ0n) is 15.0. The smallest absolute Gasteiger partial charge is 0.253 e. The number of guanidine groups is 1. The van der Waals surface area contributed by atoms with E-state index in [1.54, 1.807) is 50.3 Å². The Morgan fingerprint density at radius 1 is 1.12 bits per heavy atom. The predicted molar refractivity (Wildman–Crippen MR) is 106 cm³/mol. The Bertz CT molecular complexity index is 791. The molecule has 0 heterocycles. The van der Waals surface area contributed by atoms with Gasteiger partial charge in [0.1, 0.15) is 5.82 Å². The third-order valence-corrected chi connectivity index (χ3v) is 4.25. The van der Waals surface area contributed by atoms with E-state index >= 15 is 0 Å². The molecule has 0 saturated carbocycles. The van der Waals surface area contributed by atoms with Crippen molar-refractivity contribution in [2.45, 2.75) is 13.1 Å². The first-order valence-electron chi connectivity index (χ1n) is 8.09. The van der Waals surface area contributed by atoms with Crippen molar-refractivity contribution in [2.24, 2.45) is 4.99 Å². The summed E-state index contributed by atoms with van der Waals surface area (Å²) in [6.45, 7) is 0.869. The van der Waals surface area contributed by atoms with E-state index in [1.807, 2.05) is 12.1 Å². The van der Waals surface area contributed by atoms with Crippen LogP contribution in [0.3, 0.4) is 0 Å². The number of carbonyl (C=O) groups is 1. The van der Waals surface area contributed by atoms with E-state index in [4.69, 9.17) is 0 Å². The molecule has 0 aliphatic heterocycles. The Balaban J connectivity index is 1.89. The third-order valence-electron chi connectivity index (χ3n) is 3.75. The first-order chi connectivity index (χ1) is 12.4. The Morgan fingerprint density at radius 3 is 2.35 bits per heavy atom. The van der Waals surface area contributed by atoms with Crippen LogP contribution in [0.4, 0.5) is 4.39 Å². The molecule has 0 atom stereocenters. The fourth-order valence-electron chi connectivity index (χ4n) is 2.27. The second-order valence-electron chi connectivity index (χ2n) is 5.91. The molecule has 0 saturated heterocycles. The van der Waals surface area contributed by atoms with Gasteiger partial charge in [0.25, 0.3) is 5.91 Å². The van der Waals surface area contributed by atoms with Crippen LogP contribution in [0.15, 0.2) is 51.9 Å². The lowest BCUT2D eigenvalue weighted by molar-refractivity contribution is 0.0827. The Morgan fingerprint density at radius 2 is 1.77 bits per heavy atom.